The van der Waals surface area contributed by atoms with Gasteiger partial charge in [-0.2, -0.15) is 0 Å². The first-order valence-electron chi connectivity index (χ1n) is 7.32. The Morgan fingerprint density at radius 2 is 1.76 bits per heavy atom. The summed E-state index contributed by atoms with van der Waals surface area (Å²) < 4.78 is 27.6. The van der Waals surface area contributed by atoms with Crippen molar-refractivity contribution in [3.63, 3.8) is 0 Å². The molecule has 5 nitrogen and oxygen atoms in total. The lowest BCUT2D eigenvalue weighted by molar-refractivity contribution is 0.100. The van der Waals surface area contributed by atoms with Crippen LogP contribution in [-0.4, -0.2) is 38.0 Å². The van der Waals surface area contributed by atoms with Gasteiger partial charge in [-0.3, -0.25) is 4.90 Å². The van der Waals surface area contributed by atoms with Gasteiger partial charge in [-0.1, -0.05) is 12.1 Å². The van der Waals surface area contributed by atoms with E-state index in [2.05, 4.69) is 30.4 Å². The summed E-state index contributed by atoms with van der Waals surface area (Å²) in [4.78, 5) is 2.55. The number of nitrogens with zero attached hydrogens (tertiary/aromatic N) is 1. The Hall–Kier alpha value is -1.11. The molecule has 0 spiro atoms. The van der Waals surface area contributed by atoms with Gasteiger partial charge in [0.05, 0.1) is 5.69 Å². The highest BCUT2D eigenvalue weighted by molar-refractivity contribution is 7.89. The SMILES string of the molecule is CC(C)(C)N1CCC(NS(=O)(=O)c2ccccc2N)CC1. The number of nitrogen functional groups attached to an aromatic ring is 1. The van der Waals surface area contributed by atoms with Gasteiger partial charge in [0, 0.05) is 24.7 Å². The topological polar surface area (TPSA) is 75.4 Å². The van der Waals surface area contributed by atoms with Crippen molar-refractivity contribution in [3.05, 3.63) is 24.3 Å². The molecule has 1 aliphatic rings. The number of anilines is 1. The van der Waals surface area contributed by atoms with Crippen LogP contribution in [0.5, 0.6) is 0 Å². The van der Waals surface area contributed by atoms with E-state index in [1.54, 1.807) is 24.3 Å². The molecule has 21 heavy (non-hydrogen) atoms. The van der Waals surface area contributed by atoms with Gasteiger partial charge in [0.2, 0.25) is 10.0 Å². The Bertz CT molecular complexity index is 585. The van der Waals surface area contributed by atoms with Crippen molar-refractivity contribution in [2.24, 2.45) is 0 Å². The Morgan fingerprint density at radius 3 is 2.29 bits per heavy atom. The van der Waals surface area contributed by atoms with E-state index in [1.807, 2.05) is 0 Å². The molecule has 1 fully saturated rings. The van der Waals surface area contributed by atoms with Crippen LogP contribution in [0, 0.1) is 0 Å². The van der Waals surface area contributed by atoms with Gasteiger partial charge in [0.1, 0.15) is 4.90 Å². The zero-order chi connectivity index (χ0) is 15.7. The van der Waals surface area contributed by atoms with Crippen molar-refractivity contribution < 1.29 is 8.42 Å². The molecule has 118 valence electrons. The summed E-state index contributed by atoms with van der Waals surface area (Å²) >= 11 is 0. The van der Waals surface area contributed by atoms with Crippen molar-refractivity contribution >= 4 is 15.7 Å². The van der Waals surface area contributed by atoms with Crippen LogP contribution < -0.4 is 10.5 Å². The summed E-state index contributed by atoms with van der Waals surface area (Å²) in [6.45, 7) is 8.36. The fraction of sp³-hybridized carbons (Fsp3) is 0.600. The van der Waals surface area contributed by atoms with E-state index < -0.39 is 10.0 Å². The monoisotopic (exact) mass is 311 g/mol. The van der Waals surface area contributed by atoms with Crippen molar-refractivity contribution in [3.8, 4) is 0 Å². The lowest BCUT2D eigenvalue weighted by Crippen LogP contribution is -2.50. The molecule has 1 saturated heterocycles. The number of rotatable bonds is 3. The standard InChI is InChI=1S/C15H25N3O2S/c1-15(2,3)18-10-8-12(9-11-18)17-21(19,20)14-7-5-4-6-13(14)16/h4-7,12,17H,8-11,16H2,1-3H3. The number of nitrogens with one attached hydrogen (secondary N) is 1. The predicted octanol–water partition coefficient (Wildman–Crippen LogP) is 1.81. The number of para-hydroxylation sites is 1. The molecule has 2 rings (SSSR count). The second-order valence-electron chi connectivity index (χ2n) is 6.59. The first kappa shape index (κ1) is 16.3. The van der Waals surface area contributed by atoms with Gasteiger partial charge >= 0.3 is 0 Å². The van der Waals surface area contributed by atoms with E-state index in [1.165, 1.54) is 0 Å². The minimum absolute atomic E-state index is 0.0202. The Balaban J connectivity index is 2.02. The average molecular weight is 311 g/mol. The fourth-order valence-corrected chi connectivity index (χ4v) is 4.11. The lowest BCUT2D eigenvalue weighted by atomic mass is 9.99. The molecule has 3 N–H and O–H groups in total. The molecule has 0 atom stereocenters. The van der Waals surface area contributed by atoms with Crippen LogP contribution in [0.3, 0.4) is 0 Å². The molecule has 0 amide bonds. The summed E-state index contributed by atoms with van der Waals surface area (Å²) in [6, 6.07) is 6.55. The summed E-state index contributed by atoms with van der Waals surface area (Å²) in [7, 11) is -3.54. The molecule has 0 aromatic heterocycles. The van der Waals surface area contributed by atoms with Crippen LogP contribution in [0.1, 0.15) is 33.6 Å². The normalized spacial score (nSPS) is 18.8. The fourth-order valence-electron chi connectivity index (χ4n) is 2.68. The molecular weight excluding hydrogens is 286 g/mol. The van der Waals surface area contributed by atoms with Gasteiger partial charge in [-0.05, 0) is 45.7 Å². The number of hydrogen-bond donors (Lipinski definition) is 2. The number of sulfonamides is 1. The first-order valence-corrected chi connectivity index (χ1v) is 8.80. The second kappa shape index (κ2) is 5.94. The van der Waals surface area contributed by atoms with Gasteiger partial charge in [-0.15, -0.1) is 0 Å². The second-order valence-corrected chi connectivity index (χ2v) is 8.27. The third-order valence-corrected chi connectivity index (χ3v) is 5.57. The first-order chi connectivity index (χ1) is 9.70. The van der Waals surface area contributed by atoms with Crippen molar-refractivity contribution in [1.29, 1.82) is 0 Å². The average Bonchev–Trinajstić information content (AvgIpc) is 2.38. The van der Waals surface area contributed by atoms with Crippen molar-refractivity contribution in [2.75, 3.05) is 18.8 Å². The zero-order valence-electron chi connectivity index (χ0n) is 13.0. The summed E-state index contributed by atoms with van der Waals surface area (Å²) in [6.07, 6.45) is 1.65. The van der Waals surface area contributed by atoms with E-state index in [-0.39, 0.29) is 22.2 Å². The van der Waals surface area contributed by atoms with Gasteiger partial charge < -0.3 is 5.73 Å². The summed E-state index contributed by atoms with van der Waals surface area (Å²) in [5, 5.41) is 0. The molecule has 1 aromatic rings. The van der Waals surface area contributed by atoms with Crippen LogP contribution in [0.2, 0.25) is 0 Å². The molecule has 1 aromatic carbocycles. The quantitative estimate of drug-likeness (QED) is 0.835. The van der Waals surface area contributed by atoms with Crippen molar-refractivity contribution in [1.82, 2.24) is 9.62 Å². The molecule has 0 aliphatic carbocycles. The van der Waals surface area contributed by atoms with E-state index in [0.29, 0.717) is 0 Å². The molecule has 0 saturated carbocycles. The van der Waals surface area contributed by atoms with Gasteiger partial charge in [0.15, 0.2) is 0 Å². The number of piperidine rings is 1. The molecule has 0 bridgehead atoms. The van der Waals surface area contributed by atoms with E-state index >= 15 is 0 Å². The zero-order valence-corrected chi connectivity index (χ0v) is 13.8. The highest BCUT2D eigenvalue weighted by Gasteiger charge is 2.29. The van der Waals surface area contributed by atoms with Crippen LogP contribution in [0.15, 0.2) is 29.2 Å². The smallest absolute Gasteiger partial charge is 0.242 e. The van der Waals surface area contributed by atoms with Crippen LogP contribution in [0.4, 0.5) is 5.69 Å². The third kappa shape index (κ3) is 3.96. The Morgan fingerprint density at radius 1 is 1.19 bits per heavy atom. The number of benzene rings is 1. The molecule has 1 heterocycles. The number of hydrogen-bond acceptors (Lipinski definition) is 4. The molecule has 0 unspecified atom stereocenters. The number of nitrogens with two attached hydrogens (primary N) is 1. The molecular formula is C15H25N3O2S. The highest BCUT2D eigenvalue weighted by Crippen LogP contribution is 2.22. The van der Waals surface area contributed by atoms with E-state index in [9.17, 15) is 8.42 Å². The van der Waals surface area contributed by atoms with Gasteiger partial charge in [-0.25, -0.2) is 13.1 Å². The van der Waals surface area contributed by atoms with Gasteiger partial charge in [0.25, 0.3) is 0 Å². The molecule has 1 aliphatic heterocycles. The highest BCUT2D eigenvalue weighted by atomic mass is 32.2. The molecule has 6 heteroatoms. The summed E-state index contributed by atoms with van der Waals surface area (Å²) in [5.41, 5.74) is 6.19. The largest absolute Gasteiger partial charge is 0.398 e. The van der Waals surface area contributed by atoms with E-state index in [0.717, 1.165) is 25.9 Å². The number of likely N-dealkylation sites (tertiary alicyclic amines) is 1. The Kier molecular flexibility index (Phi) is 4.60. The summed E-state index contributed by atoms with van der Waals surface area (Å²) in [5.74, 6) is 0. The third-order valence-electron chi connectivity index (χ3n) is 3.97. The van der Waals surface area contributed by atoms with Crippen LogP contribution >= 0.6 is 0 Å². The van der Waals surface area contributed by atoms with Crippen LogP contribution in [-0.2, 0) is 10.0 Å². The van der Waals surface area contributed by atoms with E-state index in [4.69, 9.17) is 5.73 Å². The lowest BCUT2D eigenvalue weighted by Gasteiger charge is -2.40. The maximum atomic E-state index is 12.4. The van der Waals surface area contributed by atoms with Crippen LogP contribution in [0.25, 0.3) is 0 Å². The van der Waals surface area contributed by atoms with Crippen molar-refractivity contribution in [2.45, 2.75) is 50.1 Å². The maximum Gasteiger partial charge on any atom is 0.242 e. The molecule has 0 radical (unpaired) electrons. The maximum absolute atomic E-state index is 12.4. The minimum Gasteiger partial charge on any atom is -0.398 e. The minimum atomic E-state index is -3.54. The Labute approximate surface area is 127 Å². The predicted molar refractivity (Wildman–Crippen MR) is 85.5 cm³/mol.